The number of Topliss-reactive ketones (excluding diaryl/α,β-unsaturated/α-hetero) is 1. The Morgan fingerprint density at radius 3 is 2.60 bits per heavy atom. The van der Waals surface area contributed by atoms with Crippen LogP contribution in [0.4, 0.5) is 0 Å². The van der Waals surface area contributed by atoms with Crippen molar-refractivity contribution in [3.63, 3.8) is 0 Å². The van der Waals surface area contributed by atoms with Gasteiger partial charge in [-0.3, -0.25) is 4.79 Å². The van der Waals surface area contributed by atoms with Crippen molar-refractivity contribution in [2.45, 2.75) is 78.2 Å². The Hall–Kier alpha value is -1.05. The highest BCUT2D eigenvalue weighted by Gasteiger charge is 2.59. The topological polar surface area (TPSA) is 20.1 Å². The van der Waals surface area contributed by atoms with Gasteiger partial charge in [-0.05, 0) is 86.9 Å². The van der Waals surface area contributed by atoms with Gasteiger partial charge in [0.25, 0.3) is 0 Å². The van der Waals surface area contributed by atoms with Gasteiger partial charge in [-0.2, -0.15) is 0 Å². The summed E-state index contributed by atoms with van der Waals surface area (Å²) >= 11 is 0. The molecule has 7 atom stereocenters. The molecule has 0 radical (unpaired) electrons. The quantitative estimate of drug-likeness (QED) is 0.635. The molecular formula is C23H33NO. The molecule has 2 heteroatoms. The fourth-order valence-corrected chi connectivity index (χ4v) is 7.85. The van der Waals surface area contributed by atoms with Crippen LogP contribution in [-0.2, 0) is 4.79 Å². The predicted octanol–water partition coefficient (Wildman–Crippen LogP) is 5.31. The Morgan fingerprint density at radius 2 is 1.88 bits per heavy atom. The van der Waals surface area contributed by atoms with Crippen molar-refractivity contribution in [3.8, 4) is 0 Å². The van der Waals surface area contributed by atoms with Gasteiger partial charge in [0.1, 0.15) is 5.78 Å². The first-order valence-corrected chi connectivity index (χ1v) is 10.6. The third kappa shape index (κ3) is 2.18. The second kappa shape index (κ2) is 5.24. The number of nitrogens with zero attached hydrogens (tertiary/aromatic N) is 1. The number of carbonyl (C=O) groups excluding carboxylic acids is 1. The van der Waals surface area contributed by atoms with Gasteiger partial charge >= 0.3 is 0 Å². The molecule has 0 aromatic heterocycles. The maximum atomic E-state index is 12.2. The molecular weight excluding hydrogens is 306 g/mol. The van der Waals surface area contributed by atoms with Crippen molar-refractivity contribution in [2.75, 3.05) is 0 Å². The summed E-state index contributed by atoms with van der Waals surface area (Å²) in [4.78, 5) is 14.7. The molecule has 3 unspecified atom stereocenters. The summed E-state index contributed by atoms with van der Waals surface area (Å²) < 4.78 is 0. The second-order valence-corrected chi connectivity index (χ2v) is 10.2. The molecule has 136 valence electrons. The summed E-state index contributed by atoms with van der Waals surface area (Å²) in [5.74, 6) is 3.25. The van der Waals surface area contributed by atoms with E-state index < -0.39 is 0 Å². The molecule has 0 aromatic carbocycles. The molecule has 0 N–H and O–H groups in total. The first-order chi connectivity index (χ1) is 11.9. The lowest BCUT2D eigenvalue weighted by Gasteiger charge is -2.58. The molecule has 0 saturated heterocycles. The number of hydrogen-bond donors (Lipinski definition) is 0. The summed E-state index contributed by atoms with van der Waals surface area (Å²) in [6, 6.07) is 0.735. The zero-order chi connectivity index (χ0) is 17.4. The van der Waals surface area contributed by atoms with Gasteiger partial charge in [-0.15, -0.1) is 0 Å². The summed E-state index contributed by atoms with van der Waals surface area (Å²) in [6.07, 6.45) is 17.5. The van der Waals surface area contributed by atoms with Crippen molar-refractivity contribution in [3.05, 3.63) is 24.0 Å². The van der Waals surface area contributed by atoms with Gasteiger partial charge in [-0.1, -0.05) is 25.5 Å². The van der Waals surface area contributed by atoms with E-state index in [2.05, 4.69) is 37.2 Å². The Bertz CT molecular complexity index is 657. The lowest BCUT2D eigenvalue weighted by atomic mass is 9.47. The van der Waals surface area contributed by atoms with Crippen LogP contribution in [0.25, 0.3) is 0 Å². The molecule has 5 aliphatic rings. The number of carbonyl (C=O) groups is 1. The number of hydrogen-bond acceptors (Lipinski definition) is 2. The van der Waals surface area contributed by atoms with E-state index in [0.29, 0.717) is 17.1 Å². The lowest BCUT2D eigenvalue weighted by molar-refractivity contribution is -0.127. The van der Waals surface area contributed by atoms with Crippen LogP contribution in [0.5, 0.6) is 0 Å². The number of allylic oxidation sites excluding steroid dienone is 1. The smallest absolute Gasteiger partial charge is 0.133 e. The van der Waals surface area contributed by atoms with E-state index in [9.17, 15) is 4.79 Å². The van der Waals surface area contributed by atoms with E-state index in [-0.39, 0.29) is 5.41 Å². The highest BCUT2D eigenvalue weighted by atomic mass is 16.1. The largest absolute Gasteiger partial charge is 0.348 e. The van der Waals surface area contributed by atoms with E-state index >= 15 is 0 Å². The Morgan fingerprint density at radius 1 is 1.08 bits per heavy atom. The Kier molecular flexibility index (Phi) is 3.38. The van der Waals surface area contributed by atoms with Gasteiger partial charge in [0, 0.05) is 24.4 Å². The summed E-state index contributed by atoms with van der Waals surface area (Å²) in [6.45, 7) is 6.88. The average Bonchev–Trinajstić information content (AvgIpc) is 3.35. The average molecular weight is 340 g/mol. The molecule has 4 aliphatic carbocycles. The number of fused-ring (bicyclic) bond motifs is 5. The lowest BCUT2D eigenvalue weighted by Crippen LogP contribution is -2.51. The van der Waals surface area contributed by atoms with Crippen LogP contribution < -0.4 is 0 Å². The van der Waals surface area contributed by atoms with E-state index in [1.165, 1.54) is 44.9 Å². The third-order valence-electron chi connectivity index (χ3n) is 9.31. The van der Waals surface area contributed by atoms with Crippen LogP contribution in [-0.4, -0.2) is 16.7 Å². The normalized spacial score (nSPS) is 50.6. The van der Waals surface area contributed by atoms with Crippen LogP contribution >= 0.6 is 0 Å². The van der Waals surface area contributed by atoms with E-state index in [1.807, 2.05) is 6.92 Å². The molecule has 3 saturated carbocycles. The zero-order valence-corrected chi connectivity index (χ0v) is 16.1. The highest BCUT2D eigenvalue weighted by Crippen LogP contribution is 2.66. The minimum atomic E-state index is 0.287. The van der Waals surface area contributed by atoms with Gasteiger partial charge in [0.2, 0.25) is 0 Å². The SMILES string of the molecule is CC(=O)[C@H]1CCC2C3CC=C4C[C@@H](N5C=C5)CC[C@]4(C)C3CC[C@@]21C. The van der Waals surface area contributed by atoms with Gasteiger partial charge in [-0.25, -0.2) is 0 Å². The maximum absolute atomic E-state index is 12.2. The molecule has 25 heavy (non-hydrogen) atoms. The third-order valence-corrected chi connectivity index (χ3v) is 9.31. The van der Waals surface area contributed by atoms with Crippen LogP contribution in [0.2, 0.25) is 0 Å². The minimum absolute atomic E-state index is 0.287. The fraction of sp³-hybridized carbons (Fsp3) is 0.783. The Labute approximate surface area is 152 Å². The van der Waals surface area contributed by atoms with Crippen molar-refractivity contribution in [1.82, 2.24) is 4.90 Å². The molecule has 5 rings (SSSR count). The standard InChI is InChI=1S/C23H33NO/c1-15(25)19-6-7-20-18-5-4-16-14-17(24-12-13-24)8-10-22(16,2)21(18)9-11-23(19,20)3/h4,12-13,17-21H,5-11,14H2,1-3H3/t17-,18?,19+,20?,21?,22-,23+/m0/s1. The van der Waals surface area contributed by atoms with E-state index in [0.717, 1.165) is 30.2 Å². The molecule has 0 aromatic rings. The predicted molar refractivity (Wildman–Crippen MR) is 101 cm³/mol. The van der Waals surface area contributed by atoms with Crippen molar-refractivity contribution < 1.29 is 4.79 Å². The van der Waals surface area contributed by atoms with Crippen LogP contribution in [0.1, 0.15) is 72.1 Å². The zero-order valence-electron chi connectivity index (χ0n) is 16.1. The van der Waals surface area contributed by atoms with Crippen molar-refractivity contribution >= 4 is 5.78 Å². The molecule has 3 fully saturated rings. The van der Waals surface area contributed by atoms with Crippen LogP contribution in [0, 0.1) is 34.5 Å². The first-order valence-electron chi connectivity index (χ1n) is 10.6. The minimum Gasteiger partial charge on any atom is -0.348 e. The molecule has 0 amide bonds. The summed E-state index contributed by atoms with van der Waals surface area (Å²) in [5, 5.41) is 0. The fourth-order valence-electron chi connectivity index (χ4n) is 7.85. The number of ketones is 1. The molecule has 2 nitrogen and oxygen atoms in total. The molecule has 1 heterocycles. The maximum Gasteiger partial charge on any atom is 0.133 e. The van der Waals surface area contributed by atoms with E-state index in [1.54, 1.807) is 5.57 Å². The van der Waals surface area contributed by atoms with Crippen LogP contribution in [0.15, 0.2) is 24.0 Å². The highest BCUT2D eigenvalue weighted by molar-refractivity contribution is 5.79. The summed E-state index contributed by atoms with van der Waals surface area (Å²) in [5.41, 5.74) is 2.49. The van der Waals surface area contributed by atoms with E-state index in [4.69, 9.17) is 0 Å². The molecule has 1 aliphatic heterocycles. The molecule has 0 bridgehead atoms. The first kappa shape index (κ1) is 16.1. The monoisotopic (exact) mass is 339 g/mol. The second-order valence-electron chi connectivity index (χ2n) is 10.2. The Balaban J connectivity index is 1.43. The van der Waals surface area contributed by atoms with Gasteiger partial charge in [0.05, 0.1) is 0 Å². The van der Waals surface area contributed by atoms with Crippen molar-refractivity contribution in [2.24, 2.45) is 34.5 Å². The number of rotatable bonds is 2. The summed E-state index contributed by atoms with van der Waals surface area (Å²) in [7, 11) is 0. The van der Waals surface area contributed by atoms with Gasteiger partial charge in [0.15, 0.2) is 0 Å². The van der Waals surface area contributed by atoms with Crippen LogP contribution in [0.3, 0.4) is 0 Å². The molecule has 0 spiro atoms. The van der Waals surface area contributed by atoms with Crippen molar-refractivity contribution in [1.29, 1.82) is 0 Å². The van der Waals surface area contributed by atoms with Gasteiger partial charge < -0.3 is 4.90 Å².